The molecule has 0 N–H and O–H groups in total. The van der Waals surface area contributed by atoms with E-state index in [9.17, 15) is 5.11 Å². The molecule has 0 atom stereocenters. The van der Waals surface area contributed by atoms with E-state index in [4.69, 9.17) is 4.74 Å². The number of rotatable bonds is 3. The van der Waals surface area contributed by atoms with Crippen LogP contribution >= 0.6 is 0 Å². The van der Waals surface area contributed by atoms with Crippen LogP contribution in [-0.4, -0.2) is 7.11 Å². The molecule has 0 radical (unpaired) electrons. The maximum atomic E-state index is 12.3. The SMILES string of the molecule is C=[n+]1c(-c2ccccc2C)cc(-c2ccc(C)cc2)cc1=C([O-])OC. The first-order valence-electron chi connectivity index (χ1n) is 8.13. The van der Waals surface area contributed by atoms with E-state index in [1.807, 2.05) is 37.3 Å². The van der Waals surface area contributed by atoms with Crippen LogP contribution in [0.1, 0.15) is 11.1 Å². The molecule has 0 spiro atoms. The van der Waals surface area contributed by atoms with Crippen LogP contribution in [0.3, 0.4) is 0 Å². The molecule has 0 amide bonds. The van der Waals surface area contributed by atoms with E-state index in [0.29, 0.717) is 5.35 Å². The standard InChI is InChI=1S/C22H21NO2/c1-15-9-11-17(12-10-15)18-13-20(19-8-6-5-7-16(19)2)23(3)21(14-18)22(24)25-4/h5-14H,3H2,1-2,4H3. The van der Waals surface area contributed by atoms with Crippen LogP contribution in [0.25, 0.3) is 28.3 Å². The van der Waals surface area contributed by atoms with Crippen LogP contribution in [0.2, 0.25) is 0 Å². The highest BCUT2D eigenvalue weighted by Gasteiger charge is 2.14. The quantitative estimate of drug-likeness (QED) is 0.692. The van der Waals surface area contributed by atoms with Gasteiger partial charge in [-0.15, -0.1) is 0 Å². The summed E-state index contributed by atoms with van der Waals surface area (Å²) < 4.78 is 6.59. The summed E-state index contributed by atoms with van der Waals surface area (Å²) in [4.78, 5) is 0. The van der Waals surface area contributed by atoms with E-state index in [0.717, 1.165) is 27.9 Å². The number of methoxy groups -OCH3 is 1. The largest absolute Gasteiger partial charge is 0.612 e. The number of hydrogen-bond acceptors (Lipinski definition) is 2. The second-order valence-electron chi connectivity index (χ2n) is 6.12. The van der Waals surface area contributed by atoms with Crippen LogP contribution < -0.4 is 14.7 Å². The molecule has 0 bridgehead atoms. The minimum absolute atomic E-state index is 0.404. The topological polar surface area (TPSA) is 38.2 Å². The molecule has 25 heavy (non-hydrogen) atoms. The van der Waals surface area contributed by atoms with Crippen molar-refractivity contribution in [3.8, 4) is 22.4 Å². The highest BCUT2D eigenvalue weighted by Crippen LogP contribution is 2.24. The molecule has 0 aliphatic heterocycles. The van der Waals surface area contributed by atoms with Gasteiger partial charge in [-0.1, -0.05) is 48.0 Å². The molecule has 0 aliphatic carbocycles. The number of ether oxygens (including phenoxy) is 1. The van der Waals surface area contributed by atoms with E-state index < -0.39 is 5.95 Å². The lowest BCUT2D eigenvalue weighted by atomic mass is 10.00. The molecule has 3 rings (SSSR count). The van der Waals surface area contributed by atoms with Crippen molar-refractivity contribution < 1.29 is 14.1 Å². The van der Waals surface area contributed by atoms with Gasteiger partial charge in [0.05, 0.1) is 0 Å². The van der Waals surface area contributed by atoms with E-state index >= 15 is 0 Å². The fraction of sp³-hybridized carbons (Fsp3) is 0.136. The third-order valence-electron chi connectivity index (χ3n) is 4.37. The normalized spacial score (nSPS) is 12.0. The third kappa shape index (κ3) is 3.26. The molecular formula is C22H21NO2. The summed E-state index contributed by atoms with van der Waals surface area (Å²) in [5.74, 6) is -0.404. The highest BCUT2D eigenvalue weighted by atomic mass is 16.6. The van der Waals surface area contributed by atoms with Gasteiger partial charge in [-0.2, -0.15) is 4.24 Å². The van der Waals surface area contributed by atoms with Gasteiger partial charge in [-0.3, -0.25) is 0 Å². The van der Waals surface area contributed by atoms with Gasteiger partial charge in [0.15, 0.2) is 0 Å². The molecule has 1 heterocycles. The second-order valence-corrected chi connectivity index (χ2v) is 6.12. The Hall–Kier alpha value is -3.07. The summed E-state index contributed by atoms with van der Waals surface area (Å²) in [7, 11) is 1.38. The number of aryl methyl sites for hydroxylation is 2. The molecule has 0 saturated heterocycles. The van der Waals surface area contributed by atoms with Crippen molar-refractivity contribution in [1.29, 1.82) is 0 Å². The van der Waals surface area contributed by atoms with E-state index in [1.165, 1.54) is 12.7 Å². The minimum Gasteiger partial charge on any atom is -0.612 e. The molecule has 0 aliphatic rings. The molecular weight excluding hydrogens is 310 g/mol. The van der Waals surface area contributed by atoms with Crippen molar-refractivity contribution in [2.24, 2.45) is 0 Å². The summed E-state index contributed by atoms with van der Waals surface area (Å²) in [6.07, 6.45) is 0. The summed E-state index contributed by atoms with van der Waals surface area (Å²) in [5.41, 5.74) is 6.23. The third-order valence-corrected chi connectivity index (χ3v) is 4.37. The van der Waals surface area contributed by atoms with Crippen LogP contribution in [0.15, 0.2) is 60.7 Å². The average Bonchev–Trinajstić information content (AvgIpc) is 2.63. The Kier molecular flexibility index (Phi) is 4.57. The molecule has 0 unspecified atom stereocenters. The van der Waals surface area contributed by atoms with Crippen molar-refractivity contribution in [1.82, 2.24) is 0 Å². The Morgan fingerprint density at radius 1 is 0.960 bits per heavy atom. The summed E-state index contributed by atoms with van der Waals surface area (Å²) in [6, 6.07) is 20.2. The maximum absolute atomic E-state index is 12.3. The molecule has 3 aromatic rings. The fourth-order valence-electron chi connectivity index (χ4n) is 2.89. The average molecular weight is 331 g/mol. The summed E-state index contributed by atoms with van der Waals surface area (Å²) >= 11 is 0. The first kappa shape index (κ1) is 16.8. The van der Waals surface area contributed by atoms with E-state index in [1.54, 1.807) is 4.24 Å². The van der Waals surface area contributed by atoms with Gasteiger partial charge in [0.1, 0.15) is 12.7 Å². The van der Waals surface area contributed by atoms with Crippen molar-refractivity contribution in [2.75, 3.05) is 7.11 Å². The number of benzene rings is 2. The predicted molar refractivity (Wildman–Crippen MR) is 97.8 cm³/mol. The molecule has 0 fully saturated rings. The first-order valence-corrected chi connectivity index (χ1v) is 8.13. The molecule has 2 aromatic carbocycles. The van der Waals surface area contributed by atoms with Gasteiger partial charge in [-0.05, 0) is 43.7 Å². The van der Waals surface area contributed by atoms with Gasteiger partial charge in [0.2, 0.25) is 11.0 Å². The van der Waals surface area contributed by atoms with Crippen molar-refractivity contribution >= 4 is 5.95 Å². The molecule has 3 nitrogen and oxygen atoms in total. The molecule has 1 aromatic heterocycles. The van der Waals surface area contributed by atoms with Crippen molar-refractivity contribution in [3.05, 3.63) is 83.9 Å². The minimum atomic E-state index is -0.404. The zero-order valence-corrected chi connectivity index (χ0v) is 14.7. The Balaban J connectivity index is 2.36. The maximum Gasteiger partial charge on any atom is 0.233 e. The number of pyridine rings is 1. The first-order chi connectivity index (χ1) is 12.0. The Bertz CT molecular complexity index is 1020. The van der Waals surface area contributed by atoms with Crippen molar-refractivity contribution in [3.63, 3.8) is 0 Å². The molecule has 3 heteroatoms. The zero-order chi connectivity index (χ0) is 18.0. The number of hydrogen-bond donors (Lipinski definition) is 0. The second kappa shape index (κ2) is 6.81. The van der Waals surface area contributed by atoms with Gasteiger partial charge in [0, 0.05) is 17.7 Å². The predicted octanol–water partition coefficient (Wildman–Crippen LogP) is 2.64. The lowest BCUT2D eigenvalue weighted by Gasteiger charge is -2.09. The molecule has 0 saturated carbocycles. The summed E-state index contributed by atoms with van der Waals surface area (Å²) in [5, 5.41) is 12.7. The van der Waals surface area contributed by atoms with E-state index in [-0.39, 0.29) is 0 Å². The fourth-order valence-corrected chi connectivity index (χ4v) is 2.89. The van der Waals surface area contributed by atoms with Crippen LogP contribution in [0.5, 0.6) is 0 Å². The van der Waals surface area contributed by atoms with Crippen molar-refractivity contribution in [2.45, 2.75) is 13.8 Å². The van der Waals surface area contributed by atoms with Crippen LogP contribution in [0, 0.1) is 20.6 Å². The van der Waals surface area contributed by atoms with Gasteiger partial charge < -0.3 is 9.84 Å². The van der Waals surface area contributed by atoms with Crippen LogP contribution in [-0.2, 0) is 4.74 Å². The monoisotopic (exact) mass is 331 g/mol. The Morgan fingerprint density at radius 2 is 1.64 bits per heavy atom. The number of aromatic nitrogens is 1. The Labute approximate surface area is 147 Å². The lowest BCUT2D eigenvalue weighted by Crippen LogP contribution is -2.42. The van der Waals surface area contributed by atoms with Gasteiger partial charge in [-0.25, -0.2) is 0 Å². The van der Waals surface area contributed by atoms with E-state index in [2.05, 4.69) is 44.0 Å². The summed E-state index contributed by atoms with van der Waals surface area (Å²) in [6.45, 7) is 8.17. The molecule has 126 valence electrons. The van der Waals surface area contributed by atoms with Gasteiger partial charge in [0.25, 0.3) is 0 Å². The number of nitrogens with zero attached hydrogens (tertiary/aromatic N) is 1. The highest BCUT2D eigenvalue weighted by molar-refractivity contribution is 5.70. The smallest absolute Gasteiger partial charge is 0.233 e. The van der Waals surface area contributed by atoms with Crippen LogP contribution in [0.4, 0.5) is 0 Å². The zero-order valence-electron chi connectivity index (χ0n) is 14.7. The lowest BCUT2D eigenvalue weighted by molar-refractivity contribution is -0.508. The Morgan fingerprint density at radius 3 is 2.28 bits per heavy atom. The van der Waals surface area contributed by atoms with Gasteiger partial charge >= 0.3 is 0 Å².